The maximum absolute atomic E-state index is 9.56. The van der Waals surface area contributed by atoms with Crippen LogP contribution in [0.2, 0.25) is 0 Å². The van der Waals surface area contributed by atoms with Crippen molar-refractivity contribution in [3.05, 3.63) is 59.7 Å². The third-order valence-corrected chi connectivity index (χ3v) is 3.89. The minimum absolute atomic E-state index is 0.188. The summed E-state index contributed by atoms with van der Waals surface area (Å²) < 4.78 is 6.02. The maximum atomic E-state index is 9.56. The average Bonchev–Trinajstić information content (AvgIpc) is 2.47. The molecule has 1 N–H and O–H groups in total. The van der Waals surface area contributed by atoms with Crippen molar-refractivity contribution in [2.75, 3.05) is 13.6 Å². The largest absolute Gasteiger partial charge is 0.508 e. The van der Waals surface area contributed by atoms with Crippen LogP contribution in [-0.2, 0) is 13.0 Å². The number of hydrogen-bond donors (Lipinski definition) is 1. The van der Waals surface area contributed by atoms with Gasteiger partial charge in [-0.25, -0.2) is 0 Å². The predicted octanol–water partition coefficient (Wildman–Crippen LogP) is 3.22. The third kappa shape index (κ3) is 3.56. The van der Waals surface area contributed by atoms with Crippen LogP contribution in [0.4, 0.5) is 0 Å². The van der Waals surface area contributed by atoms with E-state index in [2.05, 4.69) is 36.2 Å². The normalized spacial score (nSPS) is 17.3. The van der Waals surface area contributed by atoms with E-state index in [0.29, 0.717) is 0 Å². The lowest BCUT2D eigenvalue weighted by Gasteiger charge is -2.29. The van der Waals surface area contributed by atoms with Gasteiger partial charge in [0.25, 0.3) is 0 Å². The zero-order chi connectivity index (χ0) is 14.7. The number of likely N-dealkylation sites (N-methyl/N-ethyl adjacent to an activating group) is 1. The van der Waals surface area contributed by atoms with E-state index in [1.807, 2.05) is 12.1 Å². The minimum Gasteiger partial charge on any atom is -0.508 e. The molecule has 0 spiro atoms. The number of fused-ring (bicyclic) bond motifs is 1. The summed E-state index contributed by atoms with van der Waals surface area (Å²) in [6.07, 6.45) is 2.23. The molecule has 3 heteroatoms. The van der Waals surface area contributed by atoms with Gasteiger partial charge in [-0.15, -0.1) is 0 Å². The quantitative estimate of drug-likeness (QED) is 0.935. The summed E-state index contributed by atoms with van der Waals surface area (Å²) in [5.74, 6) is 1.10. The lowest BCUT2D eigenvalue weighted by atomic mass is 10.0. The lowest BCUT2D eigenvalue weighted by molar-refractivity contribution is 0.124. The summed E-state index contributed by atoms with van der Waals surface area (Å²) in [5.41, 5.74) is 2.50. The Hall–Kier alpha value is -2.00. The van der Waals surface area contributed by atoms with E-state index in [4.69, 9.17) is 4.74 Å². The fourth-order valence-electron chi connectivity index (χ4n) is 2.85. The summed E-state index contributed by atoms with van der Waals surface area (Å²) in [6, 6.07) is 15.9. The van der Waals surface area contributed by atoms with Crippen LogP contribution >= 0.6 is 0 Å². The third-order valence-electron chi connectivity index (χ3n) is 3.89. The summed E-state index contributed by atoms with van der Waals surface area (Å²) in [5, 5.41) is 9.56. The molecule has 2 aromatic rings. The maximum Gasteiger partial charge on any atom is 0.126 e. The Labute approximate surface area is 125 Å². The molecule has 1 aliphatic heterocycles. The van der Waals surface area contributed by atoms with Gasteiger partial charge in [0.2, 0.25) is 0 Å². The highest BCUT2D eigenvalue weighted by atomic mass is 16.5. The molecule has 110 valence electrons. The van der Waals surface area contributed by atoms with Crippen LogP contribution in [0, 0.1) is 0 Å². The van der Waals surface area contributed by atoms with Gasteiger partial charge in [0.05, 0.1) is 0 Å². The van der Waals surface area contributed by atoms with Crippen LogP contribution in [0.5, 0.6) is 11.5 Å². The smallest absolute Gasteiger partial charge is 0.126 e. The second-order valence-corrected chi connectivity index (χ2v) is 5.75. The van der Waals surface area contributed by atoms with Gasteiger partial charge in [0.15, 0.2) is 0 Å². The van der Waals surface area contributed by atoms with Crippen LogP contribution < -0.4 is 4.74 Å². The number of rotatable bonds is 4. The van der Waals surface area contributed by atoms with Crippen molar-refractivity contribution in [2.45, 2.75) is 25.5 Å². The van der Waals surface area contributed by atoms with Gasteiger partial charge in [0.1, 0.15) is 17.6 Å². The zero-order valence-corrected chi connectivity index (χ0v) is 12.3. The van der Waals surface area contributed by atoms with Crippen molar-refractivity contribution in [1.29, 1.82) is 0 Å². The van der Waals surface area contributed by atoms with Gasteiger partial charge < -0.3 is 9.84 Å². The first-order valence-corrected chi connectivity index (χ1v) is 7.42. The Morgan fingerprint density at radius 3 is 2.81 bits per heavy atom. The van der Waals surface area contributed by atoms with Crippen molar-refractivity contribution >= 4 is 0 Å². The molecule has 0 fully saturated rings. The van der Waals surface area contributed by atoms with Crippen molar-refractivity contribution in [3.63, 3.8) is 0 Å². The minimum atomic E-state index is 0.188. The van der Waals surface area contributed by atoms with Crippen molar-refractivity contribution in [3.8, 4) is 11.5 Å². The molecule has 0 unspecified atom stereocenters. The standard InChI is InChI=1S/C18H21NO2/c1-19(12-14-5-3-2-4-6-14)13-17-10-8-15-7-9-16(20)11-18(15)21-17/h2-7,9,11,17,20H,8,10,12-13H2,1H3/t17-/m1/s1. The molecule has 3 rings (SSSR count). The molecule has 0 aliphatic carbocycles. The lowest BCUT2D eigenvalue weighted by Crippen LogP contribution is -2.35. The molecule has 0 saturated carbocycles. The summed E-state index contributed by atoms with van der Waals surface area (Å²) in [7, 11) is 2.12. The van der Waals surface area contributed by atoms with Crippen LogP contribution in [0.3, 0.4) is 0 Å². The van der Waals surface area contributed by atoms with Crippen molar-refractivity contribution in [2.24, 2.45) is 0 Å². The average molecular weight is 283 g/mol. The number of aryl methyl sites for hydroxylation is 1. The number of hydrogen-bond acceptors (Lipinski definition) is 3. The van der Waals surface area contributed by atoms with E-state index in [9.17, 15) is 5.11 Å². The highest BCUT2D eigenvalue weighted by Crippen LogP contribution is 2.31. The van der Waals surface area contributed by atoms with Gasteiger partial charge >= 0.3 is 0 Å². The molecular weight excluding hydrogens is 262 g/mol. The second-order valence-electron chi connectivity index (χ2n) is 5.75. The number of phenols is 1. The fourth-order valence-corrected chi connectivity index (χ4v) is 2.85. The summed E-state index contributed by atoms with van der Waals surface area (Å²) in [6.45, 7) is 1.82. The summed E-state index contributed by atoms with van der Waals surface area (Å²) >= 11 is 0. The van der Waals surface area contributed by atoms with Crippen LogP contribution in [0.15, 0.2) is 48.5 Å². The molecular formula is C18H21NO2. The molecule has 2 aromatic carbocycles. The molecule has 1 heterocycles. The van der Waals surface area contributed by atoms with Crippen molar-refractivity contribution in [1.82, 2.24) is 4.90 Å². The zero-order valence-electron chi connectivity index (χ0n) is 12.3. The first kappa shape index (κ1) is 14.0. The monoisotopic (exact) mass is 283 g/mol. The van der Waals surface area contributed by atoms with Crippen molar-refractivity contribution < 1.29 is 9.84 Å². The molecule has 0 saturated heterocycles. The number of phenolic OH excluding ortho intramolecular Hbond substituents is 1. The highest BCUT2D eigenvalue weighted by Gasteiger charge is 2.21. The fraction of sp³-hybridized carbons (Fsp3) is 0.333. The predicted molar refractivity (Wildman–Crippen MR) is 83.6 cm³/mol. The van der Waals surface area contributed by atoms with E-state index in [1.165, 1.54) is 11.1 Å². The Bertz CT molecular complexity index is 597. The van der Waals surface area contributed by atoms with Gasteiger partial charge in [0, 0.05) is 19.2 Å². The Morgan fingerprint density at radius 1 is 1.19 bits per heavy atom. The number of ether oxygens (including phenoxy) is 1. The van der Waals surface area contributed by atoms with Gasteiger partial charge in [-0.05, 0) is 37.1 Å². The molecule has 21 heavy (non-hydrogen) atoms. The van der Waals surface area contributed by atoms with Gasteiger partial charge in [-0.1, -0.05) is 36.4 Å². The van der Waals surface area contributed by atoms with Gasteiger partial charge in [-0.2, -0.15) is 0 Å². The first-order chi connectivity index (χ1) is 10.2. The molecule has 1 atom stereocenters. The van der Waals surface area contributed by atoms with E-state index in [-0.39, 0.29) is 11.9 Å². The molecule has 0 radical (unpaired) electrons. The number of nitrogens with zero attached hydrogens (tertiary/aromatic N) is 1. The number of aromatic hydroxyl groups is 1. The van der Waals surface area contributed by atoms with Crippen LogP contribution in [-0.4, -0.2) is 29.7 Å². The van der Waals surface area contributed by atoms with E-state index in [1.54, 1.807) is 12.1 Å². The molecule has 0 bridgehead atoms. The summed E-state index contributed by atoms with van der Waals surface area (Å²) in [4.78, 5) is 2.29. The second kappa shape index (κ2) is 6.19. The van der Waals surface area contributed by atoms with Crippen LogP contribution in [0.1, 0.15) is 17.5 Å². The van der Waals surface area contributed by atoms with E-state index in [0.717, 1.165) is 31.7 Å². The topological polar surface area (TPSA) is 32.7 Å². The Morgan fingerprint density at radius 2 is 2.00 bits per heavy atom. The van der Waals surface area contributed by atoms with E-state index < -0.39 is 0 Å². The molecule has 0 amide bonds. The highest BCUT2D eigenvalue weighted by molar-refractivity contribution is 5.41. The molecule has 1 aliphatic rings. The van der Waals surface area contributed by atoms with Crippen LogP contribution in [0.25, 0.3) is 0 Å². The molecule has 3 nitrogen and oxygen atoms in total. The van der Waals surface area contributed by atoms with Gasteiger partial charge in [-0.3, -0.25) is 4.90 Å². The van der Waals surface area contributed by atoms with E-state index >= 15 is 0 Å². The molecule has 0 aromatic heterocycles. The Balaban J connectivity index is 1.59. The Kier molecular flexibility index (Phi) is 4.11. The first-order valence-electron chi connectivity index (χ1n) is 7.42. The number of benzene rings is 2. The SMILES string of the molecule is CN(Cc1ccccc1)C[C@H]1CCc2ccc(O)cc2O1.